The predicted molar refractivity (Wildman–Crippen MR) is 53.0 cm³/mol. The van der Waals surface area contributed by atoms with Crippen molar-refractivity contribution in [2.75, 3.05) is 20.3 Å². The molecule has 0 unspecified atom stereocenters. The van der Waals surface area contributed by atoms with Crippen LogP contribution in [0, 0.1) is 5.92 Å². The van der Waals surface area contributed by atoms with Crippen LogP contribution in [0.15, 0.2) is 0 Å². The summed E-state index contributed by atoms with van der Waals surface area (Å²) in [7, 11) is 1.31. The molecule has 0 fully saturated rings. The zero-order valence-corrected chi connectivity index (χ0v) is 9.06. The molecule has 2 N–H and O–H groups in total. The smallest absolute Gasteiger partial charge is 0.325 e. The lowest BCUT2D eigenvalue weighted by molar-refractivity contribution is -0.144. The van der Waals surface area contributed by atoms with Gasteiger partial charge in [0.25, 0.3) is 0 Å². The molecule has 0 aliphatic heterocycles. The molecule has 0 saturated heterocycles. The van der Waals surface area contributed by atoms with Gasteiger partial charge in [0.1, 0.15) is 6.04 Å². The van der Waals surface area contributed by atoms with E-state index in [1.54, 1.807) is 0 Å². The molecule has 13 heavy (non-hydrogen) atoms. The third kappa shape index (κ3) is 6.81. The van der Waals surface area contributed by atoms with Crippen LogP contribution in [0.2, 0.25) is 0 Å². The number of hydrogen-bond acceptors (Lipinski definition) is 4. The van der Waals surface area contributed by atoms with E-state index in [1.165, 1.54) is 7.11 Å². The maximum Gasteiger partial charge on any atom is 0.325 e. The highest BCUT2D eigenvalue weighted by Crippen LogP contribution is 1.91. The van der Waals surface area contributed by atoms with Crippen LogP contribution < -0.4 is 5.32 Å². The topological polar surface area (TPSA) is 58.6 Å². The Labute approximate surface area is 85.1 Å². The number of methoxy groups -OCH3 is 1. The van der Waals surface area contributed by atoms with Crippen molar-refractivity contribution in [2.24, 2.45) is 5.92 Å². The minimum Gasteiger partial charge on any atom is -0.468 e. The van der Waals surface area contributed by atoms with Gasteiger partial charge in [0.2, 0.25) is 0 Å². The van der Waals surface area contributed by atoms with Crippen LogP contribution in [0.3, 0.4) is 0 Å². The zero-order valence-electron chi connectivity index (χ0n) is 8.24. The first kappa shape index (κ1) is 15.2. The summed E-state index contributed by atoms with van der Waals surface area (Å²) in [6, 6.07) is -0.586. The summed E-state index contributed by atoms with van der Waals surface area (Å²) in [5.74, 6) is 0.0295. The highest BCUT2D eigenvalue weighted by molar-refractivity contribution is 5.85. The van der Waals surface area contributed by atoms with Gasteiger partial charge in [-0.15, -0.1) is 12.4 Å². The summed E-state index contributed by atoms with van der Waals surface area (Å²) >= 11 is 0. The number of aliphatic hydroxyl groups excluding tert-OH is 1. The summed E-state index contributed by atoms with van der Waals surface area (Å²) < 4.78 is 4.47. The Kier molecular flexibility index (Phi) is 9.67. The van der Waals surface area contributed by atoms with Crippen molar-refractivity contribution in [1.82, 2.24) is 5.32 Å². The first-order valence-corrected chi connectivity index (χ1v) is 4.03. The second-order valence-corrected chi connectivity index (χ2v) is 3.06. The van der Waals surface area contributed by atoms with E-state index in [1.807, 2.05) is 13.8 Å². The van der Waals surface area contributed by atoms with Crippen molar-refractivity contribution < 1.29 is 14.6 Å². The molecule has 0 aromatic carbocycles. The SMILES string of the molecule is COC(=O)[C@@H](CO)NCC(C)C.Cl. The van der Waals surface area contributed by atoms with E-state index >= 15 is 0 Å². The van der Waals surface area contributed by atoms with Gasteiger partial charge in [0, 0.05) is 0 Å². The summed E-state index contributed by atoms with van der Waals surface area (Å²) in [6.07, 6.45) is 0. The highest BCUT2D eigenvalue weighted by atomic mass is 35.5. The van der Waals surface area contributed by atoms with Crippen molar-refractivity contribution in [3.63, 3.8) is 0 Å². The largest absolute Gasteiger partial charge is 0.468 e. The molecule has 1 atom stereocenters. The molecule has 0 amide bonds. The summed E-state index contributed by atoms with van der Waals surface area (Å²) in [6.45, 7) is 4.52. The number of aliphatic hydroxyl groups is 1. The van der Waals surface area contributed by atoms with Gasteiger partial charge in [0.05, 0.1) is 13.7 Å². The van der Waals surface area contributed by atoms with Gasteiger partial charge in [-0.3, -0.25) is 4.79 Å². The van der Waals surface area contributed by atoms with Crippen molar-refractivity contribution in [3.8, 4) is 0 Å². The molecule has 5 heteroatoms. The lowest BCUT2D eigenvalue weighted by atomic mass is 10.2. The van der Waals surface area contributed by atoms with E-state index in [0.29, 0.717) is 12.5 Å². The molecule has 0 bridgehead atoms. The molecule has 0 aliphatic rings. The Hall–Kier alpha value is -0.320. The van der Waals surface area contributed by atoms with Crippen molar-refractivity contribution in [2.45, 2.75) is 19.9 Å². The van der Waals surface area contributed by atoms with E-state index in [-0.39, 0.29) is 19.0 Å². The fraction of sp³-hybridized carbons (Fsp3) is 0.875. The van der Waals surface area contributed by atoms with Crippen molar-refractivity contribution in [1.29, 1.82) is 0 Å². The fourth-order valence-electron chi connectivity index (χ4n) is 0.743. The summed E-state index contributed by atoms with van der Waals surface area (Å²) in [5, 5.41) is 11.7. The average molecular weight is 212 g/mol. The van der Waals surface area contributed by atoms with E-state index in [9.17, 15) is 4.79 Å². The zero-order chi connectivity index (χ0) is 9.56. The Bertz CT molecular complexity index is 141. The average Bonchev–Trinajstić information content (AvgIpc) is 2.04. The number of ether oxygens (including phenoxy) is 1. The quantitative estimate of drug-likeness (QED) is 0.638. The van der Waals surface area contributed by atoms with Gasteiger partial charge in [-0.05, 0) is 12.5 Å². The van der Waals surface area contributed by atoms with Gasteiger partial charge < -0.3 is 15.2 Å². The second-order valence-electron chi connectivity index (χ2n) is 3.06. The minimum atomic E-state index is -0.586. The van der Waals surface area contributed by atoms with Crippen LogP contribution in [0.1, 0.15) is 13.8 Å². The standard InChI is InChI=1S/C8H17NO3.ClH/c1-6(2)4-9-7(5-10)8(11)12-3;/h6-7,9-10H,4-5H2,1-3H3;1H/t7-;/m1./s1. The number of halogens is 1. The molecule has 0 rings (SSSR count). The maximum absolute atomic E-state index is 10.9. The Morgan fingerprint density at radius 3 is 2.38 bits per heavy atom. The first-order valence-electron chi connectivity index (χ1n) is 4.03. The number of carbonyl (C=O) groups excluding carboxylic acids is 1. The lowest BCUT2D eigenvalue weighted by Crippen LogP contribution is -2.42. The number of rotatable bonds is 5. The Morgan fingerprint density at radius 1 is 1.54 bits per heavy atom. The van der Waals surface area contributed by atoms with Gasteiger partial charge in [-0.25, -0.2) is 0 Å². The number of esters is 1. The minimum absolute atomic E-state index is 0. The molecule has 0 heterocycles. The normalized spacial score (nSPS) is 12.1. The van der Waals surface area contributed by atoms with Crippen LogP contribution in [0.5, 0.6) is 0 Å². The number of hydrogen-bond donors (Lipinski definition) is 2. The fourth-order valence-corrected chi connectivity index (χ4v) is 0.743. The molecule has 0 aromatic rings. The first-order chi connectivity index (χ1) is 5.61. The van der Waals surface area contributed by atoms with E-state index in [4.69, 9.17) is 5.11 Å². The molecule has 80 valence electrons. The molecule has 0 saturated carbocycles. The summed E-state index contributed by atoms with van der Waals surface area (Å²) in [5.41, 5.74) is 0. The van der Waals surface area contributed by atoms with E-state index in [2.05, 4.69) is 10.1 Å². The summed E-state index contributed by atoms with van der Waals surface area (Å²) in [4.78, 5) is 10.9. The van der Waals surface area contributed by atoms with Crippen LogP contribution in [-0.4, -0.2) is 37.4 Å². The van der Waals surface area contributed by atoms with E-state index < -0.39 is 12.0 Å². The second kappa shape index (κ2) is 8.29. The molecule has 4 nitrogen and oxygen atoms in total. The van der Waals surface area contributed by atoms with Gasteiger partial charge in [0.15, 0.2) is 0 Å². The molecule has 0 aliphatic carbocycles. The molecule has 0 spiro atoms. The van der Waals surface area contributed by atoms with Gasteiger partial charge >= 0.3 is 5.97 Å². The number of nitrogens with one attached hydrogen (secondary N) is 1. The van der Waals surface area contributed by atoms with Crippen LogP contribution in [0.25, 0.3) is 0 Å². The molecule has 0 radical (unpaired) electrons. The maximum atomic E-state index is 10.9. The lowest BCUT2D eigenvalue weighted by Gasteiger charge is -2.14. The van der Waals surface area contributed by atoms with Gasteiger partial charge in [-0.2, -0.15) is 0 Å². The van der Waals surface area contributed by atoms with Crippen LogP contribution in [-0.2, 0) is 9.53 Å². The Balaban J connectivity index is 0. The van der Waals surface area contributed by atoms with Crippen molar-refractivity contribution in [3.05, 3.63) is 0 Å². The Morgan fingerprint density at radius 2 is 2.08 bits per heavy atom. The van der Waals surface area contributed by atoms with Crippen LogP contribution in [0.4, 0.5) is 0 Å². The highest BCUT2D eigenvalue weighted by Gasteiger charge is 2.16. The third-order valence-electron chi connectivity index (χ3n) is 1.44. The monoisotopic (exact) mass is 211 g/mol. The van der Waals surface area contributed by atoms with Gasteiger partial charge in [-0.1, -0.05) is 13.8 Å². The molecular weight excluding hydrogens is 194 g/mol. The van der Waals surface area contributed by atoms with E-state index in [0.717, 1.165) is 0 Å². The van der Waals surface area contributed by atoms with Crippen molar-refractivity contribution >= 4 is 18.4 Å². The van der Waals surface area contributed by atoms with Crippen LogP contribution >= 0.6 is 12.4 Å². The third-order valence-corrected chi connectivity index (χ3v) is 1.44. The molecular formula is C8H18ClNO3. The molecule has 0 aromatic heterocycles. The number of carbonyl (C=O) groups is 1. The predicted octanol–water partition coefficient (Wildman–Crippen LogP) is 0.188.